The molecule has 0 saturated carbocycles. The molecule has 1 aliphatic rings. The van der Waals surface area contributed by atoms with Gasteiger partial charge in [0.2, 0.25) is 5.91 Å². The highest BCUT2D eigenvalue weighted by molar-refractivity contribution is 5.87. The summed E-state index contributed by atoms with van der Waals surface area (Å²) in [4.78, 5) is 22.7. The average molecular weight is 228 g/mol. The second-order valence-corrected chi connectivity index (χ2v) is 4.49. The van der Waals surface area contributed by atoms with Gasteiger partial charge in [-0.25, -0.2) is 0 Å². The molecule has 1 rings (SSSR count). The first-order valence-electron chi connectivity index (χ1n) is 5.76. The highest BCUT2D eigenvalue weighted by Crippen LogP contribution is 2.31. The largest absolute Gasteiger partial charge is 0.480 e. The summed E-state index contributed by atoms with van der Waals surface area (Å²) in [6, 6.07) is -0.818. The molecule has 0 aromatic heterocycles. The zero-order valence-electron chi connectivity index (χ0n) is 9.88. The van der Waals surface area contributed by atoms with E-state index in [2.05, 4.69) is 10.6 Å². The standard InChI is InChI=1S/C11H20N2O3/c1-3-4-11(5-6-12-7-11)10(16)13-8(2)9(14)15/h8,12H,3-7H2,1-2H3,(H,13,16)(H,14,15). The number of amides is 1. The first-order valence-corrected chi connectivity index (χ1v) is 5.76. The molecule has 1 heterocycles. The van der Waals surface area contributed by atoms with Gasteiger partial charge in [0.05, 0.1) is 5.41 Å². The SMILES string of the molecule is CCCC1(C(=O)NC(C)C(=O)O)CCNC1. The number of rotatable bonds is 5. The van der Waals surface area contributed by atoms with E-state index >= 15 is 0 Å². The zero-order chi connectivity index (χ0) is 12.2. The Bertz CT molecular complexity index is 272. The lowest BCUT2D eigenvalue weighted by Crippen LogP contribution is -2.48. The van der Waals surface area contributed by atoms with Crippen molar-refractivity contribution in [2.75, 3.05) is 13.1 Å². The fourth-order valence-electron chi connectivity index (χ4n) is 2.15. The molecule has 16 heavy (non-hydrogen) atoms. The number of carbonyl (C=O) groups excluding carboxylic acids is 1. The highest BCUT2D eigenvalue weighted by atomic mass is 16.4. The van der Waals surface area contributed by atoms with Gasteiger partial charge >= 0.3 is 5.97 Å². The van der Waals surface area contributed by atoms with Gasteiger partial charge in [0.25, 0.3) is 0 Å². The van der Waals surface area contributed by atoms with Gasteiger partial charge in [0, 0.05) is 6.54 Å². The Hall–Kier alpha value is -1.10. The molecule has 1 saturated heterocycles. The molecule has 92 valence electrons. The van der Waals surface area contributed by atoms with Crippen molar-refractivity contribution < 1.29 is 14.7 Å². The summed E-state index contributed by atoms with van der Waals surface area (Å²) < 4.78 is 0. The molecule has 2 unspecified atom stereocenters. The molecule has 0 bridgehead atoms. The van der Waals surface area contributed by atoms with Crippen molar-refractivity contribution in [3.8, 4) is 0 Å². The Morgan fingerprint density at radius 3 is 2.69 bits per heavy atom. The van der Waals surface area contributed by atoms with Crippen LogP contribution in [0.5, 0.6) is 0 Å². The Kier molecular flexibility index (Phi) is 4.29. The quantitative estimate of drug-likeness (QED) is 0.634. The third-order valence-corrected chi connectivity index (χ3v) is 3.17. The third kappa shape index (κ3) is 2.72. The summed E-state index contributed by atoms with van der Waals surface area (Å²) in [5, 5.41) is 14.5. The van der Waals surface area contributed by atoms with Crippen molar-refractivity contribution in [3.63, 3.8) is 0 Å². The number of carboxylic acid groups (broad SMARTS) is 1. The van der Waals surface area contributed by atoms with E-state index < -0.39 is 17.4 Å². The van der Waals surface area contributed by atoms with Crippen molar-refractivity contribution in [1.82, 2.24) is 10.6 Å². The predicted molar refractivity (Wildman–Crippen MR) is 60.1 cm³/mol. The molecule has 3 N–H and O–H groups in total. The molecule has 5 heteroatoms. The number of hydrogen-bond acceptors (Lipinski definition) is 3. The monoisotopic (exact) mass is 228 g/mol. The molecule has 1 amide bonds. The van der Waals surface area contributed by atoms with Crippen LogP contribution in [-0.2, 0) is 9.59 Å². The van der Waals surface area contributed by atoms with Crippen LogP contribution < -0.4 is 10.6 Å². The van der Waals surface area contributed by atoms with Crippen LogP contribution in [0.4, 0.5) is 0 Å². The Morgan fingerprint density at radius 1 is 1.56 bits per heavy atom. The summed E-state index contributed by atoms with van der Waals surface area (Å²) in [5.74, 6) is -1.12. The Balaban J connectivity index is 2.65. The van der Waals surface area contributed by atoms with Crippen molar-refractivity contribution in [3.05, 3.63) is 0 Å². The van der Waals surface area contributed by atoms with Crippen LogP contribution in [0.2, 0.25) is 0 Å². The van der Waals surface area contributed by atoms with E-state index in [1.54, 1.807) is 0 Å². The van der Waals surface area contributed by atoms with E-state index in [1.807, 2.05) is 6.92 Å². The lowest BCUT2D eigenvalue weighted by molar-refractivity contribution is -0.143. The van der Waals surface area contributed by atoms with Crippen LogP contribution in [0.15, 0.2) is 0 Å². The Morgan fingerprint density at radius 2 is 2.25 bits per heavy atom. The molecular formula is C11H20N2O3. The normalized spacial score (nSPS) is 26.4. The van der Waals surface area contributed by atoms with Crippen LogP contribution in [0.1, 0.15) is 33.1 Å². The molecule has 2 atom stereocenters. The van der Waals surface area contributed by atoms with E-state index in [4.69, 9.17) is 5.11 Å². The third-order valence-electron chi connectivity index (χ3n) is 3.17. The van der Waals surface area contributed by atoms with Crippen LogP contribution in [0.25, 0.3) is 0 Å². The smallest absolute Gasteiger partial charge is 0.325 e. The van der Waals surface area contributed by atoms with Crippen LogP contribution in [-0.4, -0.2) is 36.1 Å². The number of hydrogen-bond donors (Lipinski definition) is 3. The van der Waals surface area contributed by atoms with E-state index in [-0.39, 0.29) is 5.91 Å². The maximum absolute atomic E-state index is 12.1. The molecule has 0 spiro atoms. The van der Waals surface area contributed by atoms with E-state index in [9.17, 15) is 9.59 Å². The number of carboxylic acids is 1. The lowest BCUT2D eigenvalue weighted by atomic mass is 9.81. The molecule has 0 aromatic rings. The lowest BCUT2D eigenvalue weighted by Gasteiger charge is -2.27. The fourth-order valence-corrected chi connectivity index (χ4v) is 2.15. The summed E-state index contributed by atoms with van der Waals surface area (Å²) in [6.45, 7) is 5.00. The van der Waals surface area contributed by atoms with Gasteiger partial charge in [-0.3, -0.25) is 9.59 Å². The minimum Gasteiger partial charge on any atom is -0.480 e. The van der Waals surface area contributed by atoms with E-state index in [0.717, 1.165) is 25.8 Å². The zero-order valence-corrected chi connectivity index (χ0v) is 9.88. The second kappa shape index (κ2) is 5.30. The minimum atomic E-state index is -0.994. The van der Waals surface area contributed by atoms with E-state index in [1.165, 1.54) is 6.92 Å². The predicted octanol–water partition coefficient (Wildman–Crippen LogP) is 0.356. The summed E-state index contributed by atoms with van der Waals surface area (Å²) in [5.41, 5.74) is -0.404. The molecule has 0 aromatic carbocycles. The van der Waals surface area contributed by atoms with Gasteiger partial charge in [-0.05, 0) is 26.3 Å². The second-order valence-electron chi connectivity index (χ2n) is 4.49. The van der Waals surface area contributed by atoms with Gasteiger partial charge in [0.15, 0.2) is 0 Å². The van der Waals surface area contributed by atoms with Gasteiger partial charge in [-0.2, -0.15) is 0 Å². The van der Waals surface area contributed by atoms with Gasteiger partial charge in [0.1, 0.15) is 6.04 Å². The summed E-state index contributed by atoms with van der Waals surface area (Å²) in [7, 11) is 0. The minimum absolute atomic E-state index is 0.130. The van der Waals surface area contributed by atoms with Crippen molar-refractivity contribution >= 4 is 11.9 Å². The fraction of sp³-hybridized carbons (Fsp3) is 0.818. The number of carbonyl (C=O) groups is 2. The molecule has 1 aliphatic heterocycles. The number of aliphatic carboxylic acids is 1. The summed E-state index contributed by atoms with van der Waals surface area (Å²) >= 11 is 0. The number of nitrogens with one attached hydrogen (secondary N) is 2. The van der Waals surface area contributed by atoms with Crippen LogP contribution >= 0.6 is 0 Å². The molecule has 0 radical (unpaired) electrons. The van der Waals surface area contributed by atoms with Gasteiger partial charge < -0.3 is 15.7 Å². The molecular weight excluding hydrogens is 208 g/mol. The topological polar surface area (TPSA) is 78.4 Å². The van der Waals surface area contributed by atoms with Crippen LogP contribution in [0.3, 0.4) is 0 Å². The van der Waals surface area contributed by atoms with Gasteiger partial charge in [-0.1, -0.05) is 13.3 Å². The average Bonchev–Trinajstić information content (AvgIpc) is 2.68. The first-order chi connectivity index (χ1) is 7.52. The molecule has 1 fully saturated rings. The first kappa shape index (κ1) is 13.0. The van der Waals surface area contributed by atoms with Crippen molar-refractivity contribution in [2.45, 2.75) is 39.2 Å². The molecule has 0 aliphatic carbocycles. The maximum atomic E-state index is 12.1. The highest BCUT2D eigenvalue weighted by Gasteiger charge is 2.40. The van der Waals surface area contributed by atoms with Crippen molar-refractivity contribution in [1.29, 1.82) is 0 Å². The Labute approximate surface area is 95.6 Å². The molecule has 5 nitrogen and oxygen atoms in total. The van der Waals surface area contributed by atoms with Crippen LogP contribution in [0, 0.1) is 5.41 Å². The van der Waals surface area contributed by atoms with Gasteiger partial charge in [-0.15, -0.1) is 0 Å². The summed E-state index contributed by atoms with van der Waals surface area (Å²) in [6.07, 6.45) is 2.52. The van der Waals surface area contributed by atoms with Crippen molar-refractivity contribution in [2.24, 2.45) is 5.41 Å². The maximum Gasteiger partial charge on any atom is 0.325 e. The van der Waals surface area contributed by atoms with E-state index in [0.29, 0.717) is 6.54 Å².